The maximum Gasteiger partial charge on any atom is 0.325 e. The van der Waals surface area contributed by atoms with Crippen LogP contribution in [0.15, 0.2) is 36.5 Å². The molecule has 0 spiro atoms. The number of carbonyl (C=O) groups excluding carboxylic acids is 1. The molecule has 0 bridgehead atoms. The minimum Gasteiger partial charge on any atom is -0.489 e. The second kappa shape index (κ2) is 7.36. The van der Waals surface area contributed by atoms with Crippen molar-refractivity contribution in [3.63, 3.8) is 0 Å². The van der Waals surface area contributed by atoms with Gasteiger partial charge in [-0.3, -0.25) is 4.90 Å². The van der Waals surface area contributed by atoms with Gasteiger partial charge in [-0.05, 0) is 31.2 Å². The molecule has 2 aromatic heterocycles. The van der Waals surface area contributed by atoms with Crippen molar-refractivity contribution in [2.75, 3.05) is 42.6 Å². The number of halogens is 1. The van der Waals surface area contributed by atoms with E-state index in [0.717, 1.165) is 35.6 Å². The summed E-state index contributed by atoms with van der Waals surface area (Å²) in [6.07, 6.45) is 1.78. The third-order valence-corrected chi connectivity index (χ3v) is 5.97. The Morgan fingerprint density at radius 1 is 1.20 bits per heavy atom. The number of anilines is 2. The molecule has 1 aromatic carbocycles. The molecule has 0 saturated carbocycles. The third kappa shape index (κ3) is 3.11. The lowest BCUT2D eigenvalue weighted by atomic mass is 10.1. The number of hydrogen-bond donors (Lipinski definition) is 0. The van der Waals surface area contributed by atoms with Gasteiger partial charge in [0.25, 0.3) is 0 Å². The summed E-state index contributed by atoms with van der Waals surface area (Å²) >= 11 is 6.10. The Balaban J connectivity index is 1.34. The van der Waals surface area contributed by atoms with Crippen LogP contribution in [0.2, 0.25) is 5.02 Å². The van der Waals surface area contributed by atoms with Crippen molar-refractivity contribution in [3.8, 4) is 5.75 Å². The lowest BCUT2D eigenvalue weighted by Gasteiger charge is -2.41. The molecule has 8 nitrogen and oxygen atoms in total. The highest BCUT2D eigenvalue weighted by molar-refractivity contribution is 6.30. The summed E-state index contributed by atoms with van der Waals surface area (Å²) in [6, 6.07) is 9.34. The van der Waals surface area contributed by atoms with Gasteiger partial charge < -0.3 is 14.5 Å². The summed E-state index contributed by atoms with van der Waals surface area (Å²) in [7, 11) is 1.90. The number of carbonyl (C=O) groups is 1. The monoisotopic (exact) mass is 426 g/mol. The van der Waals surface area contributed by atoms with Gasteiger partial charge in [-0.1, -0.05) is 11.6 Å². The van der Waals surface area contributed by atoms with Crippen LogP contribution in [0.25, 0.3) is 11.0 Å². The Kier molecular flexibility index (Phi) is 4.66. The van der Waals surface area contributed by atoms with E-state index in [1.165, 1.54) is 0 Å². The SMILES string of the molecule is CC1COc2cc(Cl)ccc2N1C(=O)N1CCN(c2nn(C)c3ncccc23)CC1. The first-order chi connectivity index (χ1) is 14.5. The fourth-order valence-corrected chi connectivity index (χ4v) is 4.35. The van der Waals surface area contributed by atoms with Gasteiger partial charge in [0.05, 0.1) is 17.1 Å². The minimum absolute atomic E-state index is 0.00145. The molecule has 156 valence electrons. The average Bonchev–Trinajstić information content (AvgIpc) is 3.10. The molecule has 2 aliphatic rings. The van der Waals surface area contributed by atoms with Gasteiger partial charge in [-0.15, -0.1) is 0 Å². The van der Waals surface area contributed by atoms with Crippen LogP contribution in [0, 0.1) is 0 Å². The fourth-order valence-electron chi connectivity index (χ4n) is 4.18. The number of aromatic nitrogens is 3. The number of piperazine rings is 1. The molecule has 4 heterocycles. The predicted molar refractivity (Wildman–Crippen MR) is 117 cm³/mol. The number of rotatable bonds is 1. The van der Waals surface area contributed by atoms with E-state index in [2.05, 4.69) is 15.0 Å². The van der Waals surface area contributed by atoms with Crippen LogP contribution in [0.1, 0.15) is 6.92 Å². The fraction of sp³-hybridized carbons (Fsp3) is 0.381. The molecule has 3 aromatic rings. The molecule has 2 aliphatic heterocycles. The highest BCUT2D eigenvalue weighted by Gasteiger charge is 2.34. The Hall–Kier alpha value is -3.00. The van der Waals surface area contributed by atoms with Crippen LogP contribution in [-0.2, 0) is 7.05 Å². The molecule has 1 saturated heterocycles. The molecule has 30 heavy (non-hydrogen) atoms. The standard InChI is InChI=1S/C21H23ClN6O2/c1-14-13-30-18-12-15(22)5-6-17(18)28(14)21(29)27-10-8-26(9-11-27)20-16-4-3-7-23-19(16)25(2)24-20/h3-7,12,14H,8-11,13H2,1-2H3. The van der Waals surface area contributed by atoms with Crippen molar-refractivity contribution in [3.05, 3.63) is 41.6 Å². The molecule has 1 fully saturated rings. The van der Waals surface area contributed by atoms with Crippen molar-refractivity contribution >= 4 is 40.2 Å². The topological polar surface area (TPSA) is 66.7 Å². The summed E-state index contributed by atoms with van der Waals surface area (Å²) in [4.78, 5) is 23.8. The molecular formula is C21H23ClN6O2. The van der Waals surface area contributed by atoms with Gasteiger partial charge in [-0.25, -0.2) is 14.5 Å². The Labute approximate surface area is 179 Å². The summed E-state index contributed by atoms with van der Waals surface area (Å²) in [5.74, 6) is 1.58. The van der Waals surface area contributed by atoms with Gasteiger partial charge in [-0.2, -0.15) is 5.10 Å². The first kappa shape index (κ1) is 19.0. The second-order valence-electron chi connectivity index (χ2n) is 7.72. The number of pyridine rings is 1. The van der Waals surface area contributed by atoms with E-state index in [1.807, 2.05) is 42.0 Å². The zero-order valence-corrected chi connectivity index (χ0v) is 17.7. The first-order valence-corrected chi connectivity index (χ1v) is 10.4. The van der Waals surface area contributed by atoms with Gasteiger partial charge in [0.1, 0.15) is 12.4 Å². The van der Waals surface area contributed by atoms with Crippen molar-refractivity contribution in [1.29, 1.82) is 0 Å². The van der Waals surface area contributed by atoms with Crippen LogP contribution in [0.5, 0.6) is 5.75 Å². The number of urea groups is 1. The first-order valence-electron chi connectivity index (χ1n) is 10.1. The Morgan fingerprint density at radius 2 is 2.00 bits per heavy atom. The highest BCUT2D eigenvalue weighted by Crippen LogP contribution is 2.37. The normalized spacial score (nSPS) is 19.0. The molecule has 1 unspecified atom stereocenters. The molecule has 0 aliphatic carbocycles. The highest BCUT2D eigenvalue weighted by atomic mass is 35.5. The van der Waals surface area contributed by atoms with Crippen molar-refractivity contribution < 1.29 is 9.53 Å². The number of fused-ring (bicyclic) bond motifs is 2. The van der Waals surface area contributed by atoms with Gasteiger partial charge in [0, 0.05) is 50.5 Å². The number of aryl methyl sites for hydroxylation is 1. The van der Waals surface area contributed by atoms with Crippen LogP contribution >= 0.6 is 11.6 Å². The summed E-state index contributed by atoms with van der Waals surface area (Å²) in [6.45, 7) is 5.15. The van der Waals surface area contributed by atoms with Crippen LogP contribution in [0.4, 0.5) is 16.3 Å². The van der Waals surface area contributed by atoms with E-state index in [9.17, 15) is 4.79 Å². The van der Waals surface area contributed by atoms with Gasteiger partial charge in [0.2, 0.25) is 0 Å². The molecule has 9 heteroatoms. The molecular weight excluding hydrogens is 404 g/mol. The maximum atomic E-state index is 13.4. The largest absolute Gasteiger partial charge is 0.489 e. The number of amides is 2. The smallest absolute Gasteiger partial charge is 0.325 e. The average molecular weight is 427 g/mol. The van der Waals surface area contributed by atoms with Crippen LogP contribution in [-0.4, -0.2) is 64.5 Å². The van der Waals surface area contributed by atoms with E-state index in [0.29, 0.717) is 30.5 Å². The lowest BCUT2D eigenvalue weighted by Crippen LogP contribution is -2.56. The molecule has 5 rings (SSSR count). The Bertz CT molecular complexity index is 1110. The quantitative estimate of drug-likeness (QED) is 0.598. The second-order valence-corrected chi connectivity index (χ2v) is 8.16. The maximum absolute atomic E-state index is 13.4. The van der Waals surface area contributed by atoms with Crippen molar-refractivity contribution in [2.45, 2.75) is 13.0 Å². The molecule has 0 N–H and O–H groups in total. The van der Waals surface area contributed by atoms with E-state index < -0.39 is 0 Å². The third-order valence-electron chi connectivity index (χ3n) is 5.74. The molecule has 2 amide bonds. The van der Waals surface area contributed by atoms with Crippen molar-refractivity contribution in [2.24, 2.45) is 7.05 Å². The van der Waals surface area contributed by atoms with Crippen LogP contribution < -0.4 is 14.5 Å². The number of benzene rings is 1. The summed E-state index contributed by atoms with van der Waals surface area (Å²) in [5, 5.41) is 6.29. The zero-order valence-electron chi connectivity index (χ0n) is 17.0. The zero-order chi connectivity index (χ0) is 20.8. The summed E-state index contributed by atoms with van der Waals surface area (Å²) in [5.41, 5.74) is 1.63. The van der Waals surface area contributed by atoms with Gasteiger partial charge >= 0.3 is 6.03 Å². The number of nitrogens with zero attached hydrogens (tertiary/aromatic N) is 6. The van der Waals surface area contributed by atoms with Crippen LogP contribution in [0.3, 0.4) is 0 Å². The van der Waals surface area contributed by atoms with Gasteiger partial charge in [0.15, 0.2) is 11.5 Å². The minimum atomic E-state index is -0.0463. The number of hydrogen-bond acceptors (Lipinski definition) is 5. The number of ether oxygens (including phenoxy) is 1. The molecule has 1 atom stereocenters. The van der Waals surface area contributed by atoms with E-state index >= 15 is 0 Å². The van der Waals surface area contributed by atoms with E-state index in [1.54, 1.807) is 23.0 Å². The Morgan fingerprint density at radius 3 is 2.80 bits per heavy atom. The molecule has 0 radical (unpaired) electrons. The summed E-state index contributed by atoms with van der Waals surface area (Å²) < 4.78 is 7.59. The predicted octanol–water partition coefficient (Wildman–Crippen LogP) is 3.15. The van der Waals surface area contributed by atoms with Crippen molar-refractivity contribution in [1.82, 2.24) is 19.7 Å². The lowest BCUT2D eigenvalue weighted by molar-refractivity contribution is 0.190. The van der Waals surface area contributed by atoms with E-state index in [-0.39, 0.29) is 12.1 Å². The van der Waals surface area contributed by atoms with E-state index in [4.69, 9.17) is 16.3 Å².